The fourth-order valence-corrected chi connectivity index (χ4v) is 4.47. The highest BCUT2D eigenvalue weighted by molar-refractivity contribution is 7.89. The number of nitrogens with zero attached hydrogens (tertiary/aromatic N) is 1. The van der Waals surface area contributed by atoms with Crippen LogP contribution in [0.3, 0.4) is 0 Å². The van der Waals surface area contributed by atoms with Gasteiger partial charge in [0.1, 0.15) is 5.82 Å². The average molecular weight is 446 g/mol. The highest BCUT2D eigenvalue weighted by Gasteiger charge is 2.34. The van der Waals surface area contributed by atoms with Gasteiger partial charge in [-0.05, 0) is 42.3 Å². The summed E-state index contributed by atoms with van der Waals surface area (Å²) < 4.78 is 86.4. The molecule has 1 fully saturated rings. The standard InChI is InChI=1S/C20H22F4N2O3S/c1-14-5-6-17(12-18(14)20(22,23)24)30(27,28)25-13-19(26-7-9-29-10-8-26)15-3-2-4-16(21)11-15/h2-6,11-12,19,25H,7-10,13H2,1H3. The van der Waals surface area contributed by atoms with Crippen molar-refractivity contribution >= 4 is 10.0 Å². The monoisotopic (exact) mass is 446 g/mol. The molecule has 0 aromatic heterocycles. The summed E-state index contributed by atoms with van der Waals surface area (Å²) >= 11 is 0. The van der Waals surface area contributed by atoms with Gasteiger partial charge in [-0.25, -0.2) is 17.5 Å². The SMILES string of the molecule is Cc1ccc(S(=O)(=O)NCC(c2cccc(F)c2)N2CCOCC2)cc1C(F)(F)F. The Morgan fingerprint density at radius 1 is 1.13 bits per heavy atom. The molecule has 1 unspecified atom stereocenters. The zero-order chi connectivity index (χ0) is 21.9. The first kappa shape index (κ1) is 22.7. The van der Waals surface area contributed by atoms with E-state index >= 15 is 0 Å². The maximum atomic E-state index is 13.7. The highest BCUT2D eigenvalue weighted by Crippen LogP contribution is 2.33. The van der Waals surface area contributed by atoms with Gasteiger partial charge in [-0.15, -0.1) is 0 Å². The quantitative estimate of drug-likeness (QED) is 0.690. The first-order valence-corrected chi connectivity index (χ1v) is 10.8. The molecule has 30 heavy (non-hydrogen) atoms. The van der Waals surface area contributed by atoms with Crippen LogP contribution in [0.4, 0.5) is 17.6 Å². The Labute approximate surface area is 172 Å². The summed E-state index contributed by atoms with van der Waals surface area (Å²) in [7, 11) is -4.21. The molecule has 164 valence electrons. The van der Waals surface area contributed by atoms with Crippen molar-refractivity contribution in [3.8, 4) is 0 Å². The van der Waals surface area contributed by atoms with E-state index in [1.807, 2.05) is 4.90 Å². The number of alkyl halides is 3. The van der Waals surface area contributed by atoms with Crippen LogP contribution in [0.1, 0.15) is 22.7 Å². The smallest absolute Gasteiger partial charge is 0.379 e. The van der Waals surface area contributed by atoms with E-state index in [4.69, 9.17) is 4.74 Å². The number of rotatable bonds is 6. The zero-order valence-corrected chi connectivity index (χ0v) is 17.1. The number of halogens is 4. The maximum Gasteiger partial charge on any atom is 0.416 e. The van der Waals surface area contributed by atoms with Crippen LogP contribution < -0.4 is 4.72 Å². The molecule has 0 saturated carbocycles. The molecular weight excluding hydrogens is 424 g/mol. The topological polar surface area (TPSA) is 58.6 Å². The number of benzene rings is 2. The number of hydrogen-bond donors (Lipinski definition) is 1. The number of nitrogens with one attached hydrogen (secondary N) is 1. The van der Waals surface area contributed by atoms with E-state index in [0.29, 0.717) is 37.9 Å². The van der Waals surface area contributed by atoms with Crippen molar-refractivity contribution in [3.05, 3.63) is 65.0 Å². The molecule has 1 aliphatic heterocycles. The second-order valence-corrected chi connectivity index (χ2v) is 8.81. The Hall–Kier alpha value is -2.01. The van der Waals surface area contributed by atoms with Crippen molar-refractivity contribution in [2.75, 3.05) is 32.8 Å². The summed E-state index contributed by atoms with van der Waals surface area (Å²) in [5.41, 5.74) is -0.493. The number of hydrogen-bond acceptors (Lipinski definition) is 4. The van der Waals surface area contributed by atoms with Gasteiger partial charge in [0.2, 0.25) is 10.0 Å². The van der Waals surface area contributed by atoms with Crippen LogP contribution in [-0.4, -0.2) is 46.2 Å². The van der Waals surface area contributed by atoms with E-state index in [1.165, 1.54) is 25.1 Å². The van der Waals surface area contributed by atoms with Crippen LogP contribution in [0.5, 0.6) is 0 Å². The predicted octanol–water partition coefficient (Wildman–Crippen LogP) is 3.50. The minimum atomic E-state index is -4.66. The Bertz CT molecular complexity index is 990. The summed E-state index contributed by atoms with van der Waals surface area (Å²) in [5.74, 6) is -0.457. The zero-order valence-electron chi connectivity index (χ0n) is 16.2. The third kappa shape index (κ3) is 5.37. The molecule has 3 rings (SSSR count). The lowest BCUT2D eigenvalue weighted by atomic mass is 10.0. The van der Waals surface area contributed by atoms with Crippen LogP contribution in [0.2, 0.25) is 0 Å². The number of aryl methyl sites for hydroxylation is 1. The molecule has 5 nitrogen and oxygen atoms in total. The molecule has 0 amide bonds. The average Bonchev–Trinajstić information content (AvgIpc) is 2.68. The molecule has 0 bridgehead atoms. The highest BCUT2D eigenvalue weighted by atomic mass is 32.2. The number of morpholine rings is 1. The number of sulfonamides is 1. The van der Waals surface area contributed by atoms with E-state index < -0.39 is 38.5 Å². The van der Waals surface area contributed by atoms with Gasteiger partial charge in [-0.3, -0.25) is 4.90 Å². The summed E-state index contributed by atoms with van der Waals surface area (Å²) in [6.07, 6.45) is -4.66. The molecule has 1 saturated heterocycles. The maximum absolute atomic E-state index is 13.7. The molecule has 0 spiro atoms. The Morgan fingerprint density at radius 2 is 1.83 bits per heavy atom. The predicted molar refractivity (Wildman–Crippen MR) is 103 cm³/mol. The minimum absolute atomic E-state index is 0.0626. The molecule has 2 aromatic carbocycles. The van der Waals surface area contributed by atoms with Crippen molar-refractivity contribution in [2.45, 2.75) is 24.0 Å². The molecule has 2 aromatic rings. The lowest BCUT2D eigenvalue weighted by molar-refractivity contribution is -0.138. The molecule has 10 heteroatoms. The van der Waals surface area contributed by atoms with Crippen LogP contribution in [-0.2, 0) is 20.9 Å². The molecule has 1 atom stereocenters. The van der Waals surface area contributed by atoms with Gasteiger partial charge in [0.15, 0.2) is 0 Å². The molecule has 1 aliphatic rings. The lowest BCUT2D eigenvalue weighted by Gasteiger charge is -2.35. The summed E-state index contributed by atoms with van der Waals surface area (Å²) in [4.78, 5) is 1.48. The van der Waals surface area contributed by atoms with Gasteiger partial charge in [-0.1, -0.05) is 18.2 Å². The normalized spacial score (nSPS) is 17.1. The van der Waals surface area contributed by atoms with E-state index in [1.54, 1.807) is 6.07 Å². The van der Waals surface area contributed by atoms with Crippen molar-refractivity contribution in [3.63, 3.8) is 0 Å². The Kier molecular flexibility index (Phi) is 6.81. The fourth-order valence-electron chi connectivity index (χ4n) is 3.41. The van der Waals surface area contributed by atoms with E-state index in [-0.39, 0.29) is 12.1 Å². The van der Waals surface area contributed by atoms with E-state index in [9.17, 15) is 26.0 Å². The summed E-state index contributed by atoms with van der Waals surface area (Å²) in [6, 6.07) is 8.22. The number of ether oxygens (including phenoxy) is 1. The van der Waals surface area contributed by atoms with Crippen LogP contribution in [0, 0.1) is 12.7 Å². The Morgan fingerprint density at radius 3 is 2.47 bits per heavy atom. The first-order chi connectivity index (χ1) is 14.1. The second kappa shape index (κ2) is 9.01. The first-order valence-electron chi connectivity index (χ1n) is 9.33. The molecule has 1 heterocycles. The van der Waals surface area contributed by atoms with E-state index in [0.717, 1.165) is 12.1 Å². The van der Waals surface area contributed by atoms with Gasteiger partial charge >= 0.3 is 6.18 Å². The van der Waals surface area contributed by atoms with Crippen LogP contribution in [0.25, 0.3) is 0 Å². The largest absolute Gasteiger partial charge is 0.416 e. The molecular formula is C20H22F4N2O3S. The third-order valence-corrected chi connectivity index (χ3v) is 6.43. The van der Waals surface area contributed by atoms with Gasteiger partial charge in [0.25, 0.3) is 0 Å². The van der Waals surface area contributed by atoms with Gasteiger partial charge in [0.05, 0.1) is 23.7 Å². The van der Waals surface area contributed by atoms with Crippen molar-refractivity contribution in [1.82, 2.24) is 9.62 Å². The van der Waals surface area contributed by atoms with Gasteiger partial charge < -0.3 is 4.74 Å². The summed E-state index contributed by atoms with van der Waals surface area (Å²) in [6.45, 7) is 3.08. The summed E-state index contributed by atoms with van der Waals surface area (Å²) in [5, 5.41) is 0. The Balaban J connectivity index is 1.85. The molecule has 1 N–H and O–H groups in total. The van der Waals surface area contributed by atoms with Gasteiger partial charge in [0, 0.05) is 25.7 Å². The second-order valence-electron chi connectivity index (χ2n) is 7.05. The van der Waals surface area contributed by atoms with Crippen LogP contribution >= 0.6 is 0 Å². The van der Waals surface area contributed by atoms with Crippen molar-refractivity contribution < 1.29 is 30.7 Å². The fraction of sp³-hybridized carbons (Fsp3) is 0.400. The van der Waals surface area contributed by atoms with Crippen LogP contribution in [0.15, 0.2) is 47.4 Å². The van der Waals surface area contributed by atoms with E-state index in [2.05, 4.69) is 4.72 Å². The molecule has 0 radical (unpaired) electrons. The lowest BCUT2D eigenvalue weighted by Crippen LogP contribution is -2.43. The third-order valence-electron chi connectivity index (χ3n) is 5.01. The minimum Gasteiger partial charge on any atom is -0.379 e. The molecule has 0 aliphatic carbocycles. The van der Waals surface area contributed by atoms with Gasteiger partial charge in [-0.2, -0.15) is 13.2 Å². The van der Waals surface area contributed by atoms with Crippen molar-refractivity contribution in [1.29, 1.82) is 0 Å². The van der Waals surface area contributed by atoms with Crippen molar-refractivity contribution in [2.24, 2.45) is 0 Å².